The van der Waals surface area contributed by atoms with Crippen LogP contribution in [0.5, 0.6) is 5.88 Å². The van der Waals surface area contributed by atoms with E-state index < -0.39 is 16.9 Å². The van der Waals surface area contributed by atoms with Gasteiger partial charge in [0.15, 0.2) is 0 Å². The number of aromatic nitrogens is 2. The van der Waals surface area contributed by atoms with Crippen molar-refractivity contribution in [3.8, 4) is 5.88 Å². The van der Waals surface area contributed by atoms with Crippen molar-refractivity contribution in [3.05, 3.63) is 11.0 Å². The third-order valence-electron chi connectivity index (χ3n) is 3.31. The van der Waals surface area contributed by atoms with Gasteiger partial charge in [-0.1, -0.05) is 0 Å². The van der Waals surface area contributed by atoms with Gasteiger partial charge in [0.25, 0.3) is 0 Å². The molecule has 98 valence electrons. The lowest BCUT2D eigenvalue weighted by molar-refractivity contribution is 0.0552. The molecule has 0 unspecified atom stereocenters. The molecular weight excluding hydrogens is 276 g/mol. The van der Waals surface area contributed by atoms with Crippen LogP contribution in [0, 0.1) is 0 Å². The van der Waals surface area contributed by atoms with Gasteiger partial charge in [0.2, 0.25) is 11.2 Å². The second kappa shape index (κ2) is 4.75. The van der Waals surface area contributed by atoms with E-state index in [1.807, 2.05) is 0 Å². The van der Waals surface area contributed by atoms with Crippen LogP contribution in [0.15, 0.2) is 4.90 Å². The fourth-order valence-electron chi connectivity index (χ4n) is 2.40. The Morgan fingerprint density at radius 1 is 1.39 bits per heavy atom. The number of aliphatic hydroxyl groups excluding tert-OH is 1. The van der Waals surface area contributed by atoms with Crippen molar-refractivity contribution in [2.75, 3.05) is 5.75 Å². The molecule has 1 aliphatic carbocycles. The minimum absolute atomic E-state index is 0.107. The quantitative estimate of drug-likeness (QED) is 0.825. The number of halogens is 1. The first-order valence-corrected chi connectivity index (χ1v) is 7.64. The monoisotopic (exact) mass is 288 g/mol. The number of nitrogens with zero attached hydrogens (tertiary/aromatic N) is 2. The van der Waals surface area contributed by atoms with E-state index in [9.17, 15) is 9.32 Å². The minimum atomic E-state index is -1.12. The van der Waals surface area contributed by atoms with Crippen molar-refractivity contribution in [2.24, 2.45) is 0 Å². The maximum atomic E-state index is 11.9. The van der Waals surface area contributed by atoms with Crippen molar-refractivity contribution in [2.45, 2.75) is 42.8 Å². The summed E-state index contributed by atoms with van der Waals surface area (Å²) in [4.78, 5) is 8.65. The van der Waals surface area contributed by atoms with E-state index in [1.165, 1.54) is 0 Å². The Kier molecular flexibility index (Phi) is 3.25. The molecule has 1 aromatic rings. The van der Waals surface area contributed by atoms with Crippen LogP contribution in [0.4, 0.5) is 0 Å². The van der Waals surface area contributed by atoms with E-state index in [-0.39, 0.29) is 17.3 Å². The van der Waals surface area contributed by atoms with Gasteiger partial charge in [-0.3, -0.25) is 4.21 Å². The minimum Gasteiger partial charge on any atom is -0.471 e. The van der Waals surface area contributed by atoms with E-state index in [4.69, 9.17) is 16.3 Å². The summed E-state index contributed by atoms with van der Waals surface area (Å²) >= 11 is 5.83. The second-order valence-corrected chi connectivity index (χ2v) is 6.37. The van der Waals surface area contributed by atoms with Crippen LogP contribution in [-0.2, 0) is 17.2 Å². The molecule has 3 rings (SSSR count). The molecule has 1 saturated carbocycles. The summed E-state index contributed by atoms with van der Waals surface area (Å²) in [5.74, 6) is 0.820. The van der Waals surface area contributed by atoms with Gasteiger partial charge in [-0.2, -0.15) is 4.98 Å². The summed E-state index contributed by atoms with van der Waals surface area (Å²) in [7, 11) is -1.12. The van der Waals surface area contributed by atoms with Gasteiger partial charge in [-0.05, 0) is 30.9 Å². The van der Waals surface area contributed by atoms with E-state index in [1.54, 1.807) is 0 Å². The first kappa shape index (κ1) is 12.3. The molecule has 0 aromatic carbocycles. The first-order valence-electron chi connectivity index (χ1n) is 5.94. The molecule has 2 aliphatic rings. The van der Waals surface area contributed by atoms with Gasteiger partial charge in [0.1, 0.15) is 11.0 Å². The van der Waals surface area contributed by atoms with E-state index in [0.717, 1.165) is 19.3 Å². The Labute approximate surface area is 112 Å². The molecule has 1 aromatic heterocycles. The average Bonchev–Trinajstić information content (AvgIpc) is 2.87. The van der Waals surface area contributed by atoms with Crippen molar-refractivity contribution < 1.29 is 14.1 Å². The molecular formula is C11H13ClN2O3S. The summed E-state index contributed by atoms with van der Waals surface area (Å²) in [6.07, 6.45) is 2.31. The average molecular weight is 289 g/mol. The highest BCUT2D eigenvalue weighted by Crippen LogP contribution is 2.33. The van der Waals surface area contributed by atoms with Gasteiger partial charge >= 0.3 is 0 Å². The zero-order valence-electron chi connectivity index (χ0n) is 9.63. The van der Waals surface area contributed by atoms with Crippen LogP contribution in [0.25, 0.3) is 0 Å². The smallest absolute Gasteiger partial charge is 0.235 e. The van der Waals surface area contributed by atoms with Gasteiger partial charge < -0.3 is 9.84 Å². The number of hydrogen-bond acceptors (Lipinski definition) is 5. The Morgan fingerprint density at radius 3 is 2.94 bits per heavy atom. The fraction of sp³-hybridized carbons (Fsp3) is 0.636. The Bertz CT molecular complexity index is 511. The molecule has 1 N–H and O–H groups in total. The molecule has 0 saturated heterocycles. The summed E-state index contributed by atoms with van der Waals surface area (Å²) in [5, 5.41) is 9.86. The van der Waals surface area contributed by atoms with Crippen molar-refractivity contribution >= 4 is 22.4 Å². The molecule has 3 atom stereocenters. The molecule has 7 heteroatoms. The van der Waals surface area contributed by atoms with Crippen LogP contribution < -0.4 is 4.74 Å². The summed E-state index contributed by atoms with van der Waals surface area (Å²) in [6, 6.07) is 0. The lowest BCUT2D eigenvalue weighted by Crippen LogP contribution is -2.26. The molecule has 1 fully saturated rings. The molecule has 0 amide bonds. The molecule has 2 heterocycles. The molecule has 0 spiro atoms. The zero-order valence-corrected chi connectivity index (χ0v) is 11.2. The number of aliphatic hydroxyl groups is 1. The normalized spacial score (nSPS) is 30.4. The topological polar surface area (TPSA) is 72.3 Å². The predicted octanol–water partition coefficient (Wildman–Crippen LogP) is 1.09. The number of aryl methyl sites for hydroxylation is 1. The van der Waals surface area contributed by atoms with Gasteiger partial charge in [-0.15, -0.1) is 0 Å². The SMILES string of the molecule is O=[S@@]1CCc2nc(Cl)nc(O[C@@H]3CCC[C@H]3O)c21. The molecule has 0 radical (unpaired) electrons. The van der Waals surface area contributed by atoms with Crippen LogP contribution in [0.1, 0.15) is 25.0 Å². The van der Waals surface area contributed by atoms with Crippen molar-refractivity contribution in [1.82, 2.24) is 9.97 Å². The zero-order chi connectivity index (χ0) is 12.7. The maximum absolute atomic E-state index is 11.9. The number of ether oxygens (including phenoxy) is 1. The lowest BCUT2D eigenvalue weighted by atomic mass is 10.2. The van der Waals surface area contributed by atoms with E-state index in [0.29, 0.717) is 22.8 Å². The molecule has 5 nitrogen and oxygen atoms in total. The second-order valence-electron chi connectivity index (χ2n) is 4.53. The number of rotatable bonds is 2. The largest absolute Gasteiger partial charge is 0.471 e. The van der Waals surface area contributed by atoms with Crippen molar-refractivity contribution in [1.29, 1.82) is 0 Å². The first-order chi connectivity index (χ1) is 8.65. The fourth-order valence-corrected chi connectivity index (χ4v) is 3.86. The van der Waals surface area contributed by atoms with Crippen LogP contribution in [-0.4, -0.2) is 37.2 Å². The lowest BCUT2D eigenvalue weighted by Gasteiger charge is -2.17. The van der Waals surface area contributed by atoms with Crippen LogP contribution >= 0.6 is 11.6 Å². The van der Waals surface area contributed by atoms with Gasteiger partial charge in [0, 0.05) is 12.2 Å². The van der Waals surface area contributed by atoms with E-state index in [2.05, 4.69) is 9.97 Å². The van der Waals surface area contributed by atoms with Crippen LogP contribution in [0.2, 0.25) is 5.28 Å². The predicted molar refractivity (Wildman–Crippen MR) is 66.3 cm³/mol. The molecule has 1 aliphatic heterocycles. The third kappa shape index (κ3) is 2.13. The summed E-state index contributed by atoms with van der Waals surface area (Å²) < 4.78 is 17.6. The number of hydrogen-bond donors (Lipinski definition) is 1. The van der Waals surface area contributed by atoms with Crippen molar-refractivity contribution in [3.63, 3.8) is 0 Å². The third-order valence-corrected chi connectivity index (χ3v) is 4.92. The highest BCUT2D eigenvalue weighted by molar-refractivity contribution is 7.85. The highest BCUT2D eigenvalue weighted by Gasteiger charge is 2.32. The Balaban J connectivity index is 1.94. The standard InChI is InChI=1S/C11H13ClN2O3S/c12-11-13-6-4-5-18(16)9(6)10(14-11)17-8-3-1-2-7(8)15/h7-8,15H,1-5H2/t7-,8-,18-/m1/s1. The summed E-state index contributed by atoms with van der Waals surface area (Å²) in [6.45, 7) is 0. The maximum Gasteiger partial charge on any atom is 0.235 e. The Morgan fingerprint density at radius 2 is 2.22 bits per heavy atom. The van der Waals surface area contributed by atoms with Crippen LogP contribution in [0.3, 0.4) is 0 Å². The van der Waals surface area contributed by atoms with Gasteiger partial charge in [0.05, 0.1) is 22.6 Å². The summed E-state index contributed by atoms with van der Waals surface area (Å²) in [5.41, 5.74) is 0.704. The highest BCUT2D eigenvalue weighted by atomic mass is 35.5. The molecule has 0 bridgehead atoms. The van der Waals surface area contributed by atoms with E-state index >= 15 is 0 Å². The van der Waals surface area contributed by atoms with Gasteiger partial charge in [-0.25, -0.2) is 4.98 Å². The molecule has 18 heavy (non-hydrogen) atoms. The number of fused-ring (bicyclic) bond motifs is 1. The Hall–Kier alpha value is -0.720.